The Hall–Kier alpha value is -0.640. The van der Waals surface area contributed by atoms with Crippen molar-refractivity contribution in [2.75, 3.05) is 0 Å². The lowest BCUT2D eigenvalue weighted by Crippen LogP contribution is -1.79. The molecular weight excluding hydrogens is 244 g/mol. The maximum atomic E-state index is 13.0. The Balaban J connectivity index is 2.51. The minimum Gasteiger partial charge on any atom is -0.224 e. The molecule has 0 saturated heterocycles. The van der Waals surface area contributed by atoms with Gasteiger partial charge < -0.3 is 0 Å². The summed E-state index contributed by atoms with van der Waals surface area (Å²) < 4.78 is 13.0. The molecule has 1 nitrogen and oxygen atoms in total. The van der Waals surface area contributed by atoms with Crippen LogP contribution in [0.5, 0.6) is 0 Å². The van der Waals surface area contributed by atoms with Gasteiger partial charge in [-0.2, -0.15) is 0 Å². The molecule has 5 heteroatoms. The first kappa shape index (κ1) is 9.90. The van der Waals surface area contributed by atoms with Crippen LogP contribution in [-0.2, 0) is 0 Å². The zero-order chi connectivity index (χ0) is 10.1. The average Bonchev–Trinajstić information content (AvgIpc) is 2.50. The average molecular weight is 248 g/mol. The Labute approximate surface area is 94.1 Å². The van der Waals surface area contributed by atoms with Crippen molar-refractivity contribution in [3.05, 3.63) is 39.6 Å². The molecule has 1 heterocycles. The van der Waals surface area contributed by atoms with E-state index in [1.165, 1.54) is 23.5 Å². The van der Waals surface area contributed by atoms with Crippen molar-refractivity contribution in [2.24, 2.45) is 0 Å². The fourth-order valence-corrected chi connectivity index (χ4v) is 2.22. The number of thiazole rings is 1. The van der Waals surface area contributed by atoms with Gasteiger partial charge in [0.05, 0.1) is 0 Å². The maximum Gasteiger partial charge on any atom is 0.140 e. The molecule has 2 rings (SSSR count). The molecule has 0 unspecified atom stereocenters. The summed E-state index contributed by atoms with van der Waals surface area (Å²) in [6.07, 6.45) is 0. The third kappa shape index (κ3) is 2.05. The third-order valence-corrected chi connectivity index (χ3v) is 3.02. The summed E-state index contributed by atoms with van der Waals surface area (Å²) in [7, 11) is 0. The van der Waals surface area contributed by atoms with E-state index >= 15 is 0 Å². The first-order chi connectivity index (χ1) is 6.65. The smallest absolute Gasteiger partial charge is 0.140 e. The fourth-order valence-electron chi connectivity index (χ4n) is 1.06. The second-order valence-corrected chi connectivity index (χ2v) is 4.32. The van der Waals surface area contributed by atoms with Gasteiger partial charge in [0.2, 0.25) is 0 Å². The topological polar surface area (TPSA) is 12.9 Å². The molecular formula is C9H4Cl2FNS. The van der Waals surface area contributed by atoms with Gasteiger partial charge >= 0.3 is 0 Å². The molecule has 0 aliphatic heterocycles. The van der Waals surface area contributed by atoms with Crippen molar-refractivity contribution in [1.29, 1.82) is 0 Å². The van der Waals surface area contributed by atoms with Crippen molar-refractivity contribution in [3.63, 3.8) is 0 Å². The predicted octanol–water partition coefficient (Wildman–Crippen LogP) is 4.26. The minimum absolute atomic E-state index is 0.353. The summed E-state index contributed by atoms with van der Waals surface area (Å²) in [5.74, 6) is -0.376. The molecule has 0 radical (unpaired) electrons. The van der Waals surface area contributed by atoms with Crippen molar-refractivity contribution >= 4 is 34.5 Å². The van der Waals surface area contributed by atoms with Crippen LogP contribution >= 0.6 is 34.5 Å². The molecule has 1 aromatic heterocycles. The molecule has 0 atom stereocenters. The van der Waals surface area contributed by atoms with Crippen LogP contribution in [0.4, 0.5) is 4.39 Å². The highest BCUT2D eigenvalue weighted by molar-refractivity contribution is 7.13. The zero-order valence-electron chi connectivity index (χ0n) is 6.80. The van der Waals surface area contributed by atoms with E-state index in [9.17, 15) is 4.39 Å². The summed E-state index contributed by atoms with van der Waals surface area (Å²) in [6.45, 7) is 0. The van der Waals surface area contributed by atoms with Crippen molar-refractivity contribution < 1.29 is 4.39 Å². The Morgan fingerprint density at radius 3 is 2.57 bits per heavy atom. The molecule has 0 amide bonds. The number of hydrogen-bond donors (Lipinski definition) is 0. The Morgan fingerprint density at radius 2 is 2.00 bits per heavy atom. The first-order valence-corrected chi connectivity index (χ1v) is 5.36. The number of aromatic nitrogens is 1. The number of benzene rings is 1. The van der Waals surface area contributed by atoms with Gasteiger partial charge in [-0.15, -0.1) is 11.3 Å². The van der Waals surface area contributed by atoms with Crippen LogP contribution in [0.2, 0.25) is 10.2 Å². The molecule has 0 spiro atoms. The molecule has 0 aliphatic carbocycles. The van der Waals surface area contributed by atoms with Crippen LogP contribution in [0.3, 0.4) is 0 Å². The molecule has 1 aromatic carbocycles. The molecule has 0 fully saturated rings. The summed E-state index contributed by atoms with van der Waals surface area (Å²) >= 11 is 12.7. The van der Waals surface area contributed by atoms with Crippen molar-refractivity contribution in [3.8, 4) is 10.6 Å². The largest absolute Gasteiger partial charge is 0.224 e. The van der Waals surface area contributed by atoms with E-state index in [0.717, 1.165) is 0 Å². The predicted molar refractivity (Wildman–Crippen MR) is 57.5 cm³/mol. The van der Waals surface area contributed by atoms with E-state index < -0.39 is 0 Å². The first-order valence-electron chi connectivity index (χ1n) is 3.72. The maximum absolute atomic E-state index is 13.0. The lowest BCUT2D eigenvalue weighted by Gasteiger charge is -1.97. The van der Waals surface area contributed by atoms with Gasteiger partial charge in [0, 0.05) is 16.0 Å². The molecule has 0 aliphatic rings. The minimum atomic E-state index is -0.376. The van der Waals surface area contributed by atoms with Crippen LogP contribution in [0.1, 0.15) is 0 Å². The zero-order valence-corrected chi connectivity index (χ0v) is 9.13. The van der Waals surface area contributed by atoms with E-state index in [0.29, 0.717) is 20.7 Å². The molecule has 2 aromatic rings. The van der Waals surface area contributed by atoms with E-state index in [1.54, 1.807) is 11.4 Å². The van der Waals surface area contributed by atoms with E-state index in [4.69, 9.17) is 23.2 Å². The molecule has 0 saturated carbocycles. The number of hydrogen-bond acceptors (Lipinski definition) is 2. The highest BCUT2D eigenvalue weighted by atomic mass is 35.5. The Bertz CT molecular complexity index is 449. The van der Waals surface area contributed by atoms with Crippen LogP contribution in [0, 0.1) is 5.82 Å². The van der Waals surface area contributed by atoms with E-state index in [-0.39, 0.29) is 5.82 Å². The van der Waals surface area contributed by atoms with Gasteiger partial charge in [-0.25, -0.2) is 9.37 Å². The molecule has 0 bridgehead atoms. The van der Waals surface area contributed by atoms with Gasteiger partial charge in [-0.1, -0.05) is 23.2 Å². The van der Waals surface area contributed by atoms with Gasteiger partial charge in [-0.05, 0) is 18.2 Å². The summed E-state index contributed by atoms with van der Waals surface area (Å²) in [5, 5.41) is 3.11. The van der Waals surface area contributed by atoms with E-state index in [2.05, 4.69) is 4.98 Å². The molecule has 14 heavy (non-hydrogen) atoms. The normalized spacial score (nSPS) is 10.5. The van der Waals surface area contributed by atoms with Gasteiger partial charge in [-0.3, -0.25) is 0 Å². The van der Waals surface area contributed by atoms with Crippen LogP contribution in [-0.4, -0.2) is 4.98 Å². The molecule has 0 N–H and O–H groups in total. The quantitative estimate of drug-likeness (QED) is 0.734. The van der Waals surface area contributed by atoms with Crippen molar-refractivity contribution in [2.45, 2.75) is 0 Å². The lowest BCUT2D eigenvalue weighted by molar-refractivity contribution is 0.628. The number of nitrogens with zero attached hydrogens (tertiary/aromatic N) is 1. The Morgan fingerprint density at radius 1 is 1.21 bits per heavy atom. The van der Waals surface area contributed by atoms with Crippen molar-refractivity contribution in [1.82, 2.24) is 4.98 Å². The van der Waals surface area contributed by atoms with Crippen LogP contribution in [0.15, 0.2) is 23.6 Å². The van der Waals surface area contributed by atoms with Gasteiger partial charge in [0.1, 0.15) is 16.0 Å². The van der Waals surface area contributed by atoms with Gasteiger partial charge in [0.15, 0.2) is 0 Å². The van der Waals surface area contributed by atoms with E-state index in [1.807, 2.05) is 0 Å². The highest BCUT2D eigenvalue weighted by Gasteiger charge is 2.05. The third-order valence-electron chi connectivity index (χ3n) is 1.59. The van der Waals surface area contributed by atoms with Crippen LogP contribution in [0.25, 0.3) is 10.6 Å². The standard InChI is InChI=1S/C9H4Cl2FNS/c10-6-1-5(2-7(12)3-6)9-13-8(11)4-14-9/h1-4H. The SMILES string of the molecule is Fc1cc(Cl)cc(-c2nc(Cl)cs2)c1. The highest BCUT2D eigenvalue weighted by Crippen LogP contribution is 2.28. The fraction of sp³-hybridized carbons (Fsp3) is 0. The lowest BCUT2D eigenvalue weighted by atomic mass is 10.2. The van der Waals surface area contributed by atoms with Crippen LogP contribution < -0.4 is 0 Å². The second kappa shape index (κ2) is 3.85. The Kier molecular flexibility index (Phi) is 2.72. The van der Waals surface area contributed by atoms with Gasteiger partial charge in [0.25, 0.3) is 0 Å². The molecule has 72 valence electrons. The number of halogens is 3. The summed E-state index contributed by atoms with van der Waals surface area (Å²) in [6, 6.07) is 4.28. The second-order valence-electron chi connectivity index (χ2n) is 2.63. The number of rotatable bonds is 1. The summed E-state index contributed by atoms with van der Waals surface area (Å²) in [4.78, 5) is 4.02. The monoisotopic (exact) mass is 247 g/mol. The summed E-state index contributed by atoms with van der Waals surface area (Å²) in [5.41, 5.74) is 0.645.